The molecule has 1 aromatic rings. The molecule has 4 fully saturated rings. The number of carbonyl (C=O) groups is 2. The highest BCUT2D eigenvalue weighted by molar-refractivity contribution is 5.83. The average Bonchev–Trinajstić information content (AvgIpc) is 3.42. The fourth-order valence-corrected chi connectivity index (χ4v) is 6.76. The second-order valence-electron chi connectivity index (χ2n) is 9.99. The summed E-state index contributed by atoms with van der Waals surface area (Å²) in [5, 5.41) is 6.71. The molecule has 0 radical (unpaired) electrons. The Morgan fingerprint density at radius 3 is 2.45 bits per heavy atom. The van der Waals surface area contributed by atoms with Gasteiger partial charge in [0, 0.05) is 29.8 Å². The minimum atomic E-state index is -0.231. The molecule has 5 rings (SSSR count). The van der Waals surface area contributed by atoms with Crippen LogP contribution < -0.4 is 20.1 Å². The van der Waals surface area contributed by atoms with Gasteiger partial charge in [-0.3, -0.25) is 9.59 Å². The van der Waals surface area contributed by atoms with Crippen LogP contribution in [0.1, 0.15) is 69.3 Å². The SMILES string of the molecule is COc1ccc([C@H]2C[C@@H](NC(=O)C3[C@H]4CCCC[C@H]34)CC[C@]23CCC(=O)N3)cc1OC. The molecule has 3 aliphatic carbocycles. The van der Waals surface area contributed by atoms with E-state index in [1.807, 2.05) is 12.1 Å². The van der Waals surface area contributed by atoms with E-state index in [1.54, 1.807) is 14.2 Å². The predicted octanol–water partition coefficient (Wildman–Crippen LogP) is 3.54. The van der Waals surface area contributed by atoms with Crippen LogP contribution in [0, 0.1) is 17.8 Å². The van der Waals surface area contributed by atoms with Crippen LogP contribution in [-0.2, 0) is 9.59 Å². The Hall–Kier alpha value is -2.24. The van der Waals surface area contributed by atoms with Crippen LogP contribution in [0.4, 0.5) is 0 Å². The van der Waals surface area contributed by atoms with Crippen molar-refractivity contribution in [3.8, 4) is 11.5 Å². The van der Waals surface area contributed by atoms with Gasteiger partial charge in [0.25, 0.3) is 0 Å². The first-order chi connectivity index (χ1) is 15.0. The molecule has 1 spiro atoms. The highest BCUT2D eigenvalue weighted by Crippen LogP contribution is 2.55. The van der Waals surface area contributed by atoms with E-state index < -0.39 is 0 Å². The lowest BCUT2D eigenvalue weighted by Crippen LogP contribution is -2.54. The van der Waals surface area contributed by atoms with E-state index in [0.29, 0.717) is 29.8 Å². The van der Waals surface area contributed by atoms with Crippen molar-refractivity contribution in [2.24, 2.45) is 17.8 Å². The van der Waals surface area contributed by atoms with Crippen molar-refractivity contribution >= 4 is 11.8 Å². The summed E-state index contributed by atoms with van der Waals surface area (Å²) in [6.07, 6.45) is 9.05. The fraction of sp³-hybridized carbons (Fsp3) is 0.680. The highest BCUT2D eigenvalue weighted by atomic mass is 16.5. The Labute approximate surface area is 184 Å². The predicted molar refractivity (Wildman–Crippen MR) is 117 cm³/mol. The first-order valence-electron chi connectivity index (χ1n) is 11.9. The van der Waals surface area contributed by atoms with Crippen molar-refractivity contribution in [3.05, 3.63) is 23.8 Å². The van der Waals surface area contributed by atoms with Gasteiger partial charge in [0.05, 0.1) is 14.2 Å². The summed E-state index contributed by atoms with van der Waals surface area (Å²) >= 11 is 0. The lowest BCUT2D eigenvalue weighted by atomic mass is 9.67. The van der Waals surface area contributed by atoms with Gasteiger partial charge in [-0.2, -0.15) is 0 Å². The second-order valence-corrected chi connectivity index (χ2v) is 9.99. The smallest absolute Gasteiger partial charge is 0.223 e. The Balaban J connectivity index is 1.35. The zero-order valence-corrected chi connectivity index (χ0v) is 18.6. The van der Waals surface area contributed by atoms with Gasteiger partial charge in [-0.05, 0) is 68.1 Å². The largest absolute Gasteiger partial charge is 0.493 e. The quantitative estimate of drug-likeness (QED) is 0.755. The summed E-state index contributed by atoms with van der Waals surface area (Å²) in [7, 11) is 3.28. The highest BCUT2D eigenvalue weighted by Gasteiger charge is 2.55. The first kappa shape index (κ1) is 20.7. The normalized spacial score (nSPS) is 36.5. The van der Waals surface area contributed by atoms with Crippen molar-refractivity contribution in [1.82, 2.24) is 10.6 Å². The Kier molecular flexibility index (Phi) is 5.35. The zero-order chi connectivity index (χ0) is 21.6. The van der Waals surface area contributed by atoms with Gasteiger partial charge in [-0.15, -0.1) is 0 Å². The van der Waals surface area contributed by atoms with Crippen LogP contribution in [-0.4, -0.2) is 37.6 Å². The molecule has 168 valence electrons. The van der Waals surface area contributed by atoms with Crippen molar-refractivity contribution in [2.75, 3.05) is 14.2 Å². The molecule has 0 bridgehead atoms. The number of amides is 2. The minimum Gasteiger partial charge on any atom is -0.493 e. The van der Waals surface area contributed by atoms with Crippen molar-refractivity contribution in [3.63, 3.8) is 0 Å². The van der Waals surface area contributed by atoms with E-state index in [1.165, 1.54) is 25.7 Å². The summed E-state index contributed by atoms with van der Waals surface area (Å²) in [6, 6.07) is 6.21. The summed E-state index contributed by atoms with van der Waals surface area (Å²) in [5.41, 5.74) is 0.907. The number of hydrogen-bond acceptors (Lipinski definition) is 4. The molecule has 1 aliphatic heterocycles. The first-order valence-corrected chi connectivity index (χ1v) is 11.9. The molecule has 5 atom stereocenters. The van der Waals surface area contributed by atoms with Crippen molar-refractivity contribution < 1.29 is 19.1 Å². The topological polar surface area (TPSA) is 76.7 Å². The number of fused-ring (bicyclic) bond motifs is 1. The molecule has 6 nitrogen and oxygen atoms in total. The number of ether oxygens (including phenoxy) is 2. The summed E-state index contributed by atoms with van der Waals surface area (Å²) in [6.45, 7) is 0. The number of carbonyl (C=O) groups excluding carboxylic acids is 2. The maximum Gasteiger partial charge on any atom is 0.223 e. The van der Waals surface area contributed by atoms with Crippen LogP contribution in [0.3, 0.4) is 0 Å². The molecule has 0 aromatic heterocycles. The van der Waals surface area contributed by atoms with Gasteiger partial charge in [0.15, 0.2) is 11.5 Å². The van der Waals surface area contributed by atoms with Gasteiger partial charge in [0.2, 0.25) is 11.8 Å². The molecule has 6 heteroatoms. The zero-order valence-electron chi connectivity index (χ0n) is 18.6. The summed E-state index contributed by atoms with van der Waals surface area (Å²) in [5.74, 6) is 3.43. The van der Waals surface area contributed by atoms with Gasteiger partial charge >= 0.3 is 0 Å². The maximum absolute atomic E-state index is 13.0. The number of rotatable bonds is 5. The lowest BCUT2D eigenvalue weighted by molar-refractivity contribution is -0.124. The van der Waals surface area contributed by atoms with Crippen LogP contribution in [0.25, 0.3) is 0 Å². The molecule has 0 unspecified atom stereocenters. The van der Waals surface area contributed by atoms with Crippen molar-refractivity contribution in [1.29, 1.82) is 0 Å². The average molecular weight is 427 g/mol. The third-order valence-corrected chi connectivity index (χ3v) is 8.43. The standard InChI is InChI=1S/C25H34N2O4/c1-30-20-8-7-15(13-21(20)31-2)19-14-16(9-11-25(19)12-10-22(28)27-25)26-24(29)23-17-5-3-4-6-18(17)23/h7-8,13,16-19,23H,3-6,9-12,14H2,1-2H3,(H,26,29)(H,27,28)/t16-,17-,18-,19+,25-/m0/s1. The van der Waals surface area contributed by atoms with Gasteiger partial charge in [0.1, 0.15) is 0 Å². The number of nitrogens with one attached hydrogen (secondary N) is 2. The molecular formula is C25H34N2O4. The molecule has 2 N–H and O–H groups in total. The molecule has 3 saturated carbocycles. The van der Waals surface area contributed by atoms with Gasteiger partial charge in [-0.25, -0.2) is 0 Å². The fourth-order valence-electron chi connectivity index (χ4n) is 6.76. The molecule has 31 heavy (non-hydrogen) atoms. The van der Waals surface area contributed by atoms with E-state index in [4.69, 9.17) is 9.47 Å². The third kappa shape index (κ3) is 3.68. The molecule has 1 aromatic carbocycles. The van der Waals surface area contributed by atoms with E-state index in [-0.39, 0.29) is 35.2 Å². The molecular weight excluding hydrogens is 392 g/mol. The van der Waals surface area contributed by atoms with Crippen molar-refractivity contribution in [2.45, 2.75) is 75.3 Å². The monoisotopic (exact) mass is 426 g/mol. The van der Waals surface area contributed by atoms with E-state index in [2.05, 4.69) is 16.7 Å². The second kappa shape index (κ2) is 8.03. The Bertz CT molecular complexity index is 859. The van der Waals surface area contributed by atoms with Crippen LogP contribution in [0.15, 0.2) is 18.2 Å². The van der Waals surface area contributed by atoms with Crippen LogP contribution >= 0.6 is 0 Å². The minimum absolute atomic E-state index is 0.134. The van der Waals surface area contributed by atoms with Gasteiger partial charge in [-0.1, -0.05) is 18.9 Å². The maximum atomic E-state index is 13.0. The molecule has 4 aliphatic rings. The van der Waals surface area contributed by atoms with E-state index >= 15 is 0 Å². The van der Waals surface area contributed by atoms with Crippen LogP contribution in [0.5, 0.6) is 11.5 Å². The number of benzene rings is 1. The molecule has 2 amide bonds. The Morgan fingerprint density at radius 2 is 1.81 bits per heavy atom. The number of methoxy groups -OCH3 is 2. The third-order valence-electron chi connectivity index (χ3n) is 8.43. The van der Waals surface area contributed by atoms with Crippen LogP contribution in [0.2, 0.25) is 0 Å². The van der Waals surface area contributed by atoms with E-state index in [0.717, 1.165) is 31.2 Å². The molecule has 1 saturated heterocycles. The summed E-state index contributed by atoms with van der Waals surface area (Å²) < 4.78 is 11.0. The summed E-state index contributed by atoms with van der Waals surface area (Å²) in [4.78, 5) is 25.2. The molecule has 1 heterocycles. The lowest BCUT2D eigenvalue weighted by Gasteiger charge is -2.45. The Morgan fingerprint density at radius 1 is 1.06 bits per heavy atom. The van der Waals surface area contributed by atoms with Gasteiger partial charge < -0.3 is 20.1 Å². The van der Waals surface area contributed by atoms with E-state index in [9.17, 15) is 9.59 Å². The number of hydrogen-bond donors (Lipinski definition) is 2.